The van der Waals surface area contributed by atoms with Gasteiger partial charge in [-0.05, 0) is 19.1 Å². The monoisotopic (exact) mass is 348 g/mol. The molecule has 4 rings (SSSR count). The van der Waals surface area contributed by atoms with Crippen molar-refractivity contribution in [3.63, 3.8) is 0 Å². The largest absolute Gasteiger partial charge is 0.433 e. The number of rotatable bonds is 1. The quantitative estimate of drug-likeness (QED) is 0.708. The van der Waals surface area contributed by atoms with Gasteiger partial charge >= 0.3 is 6.18 Å². The molecule has 3 aromatic rings. The zero-order valence-corrected chi connectivity index (χ0v) is 13.4. The lowest BCUT2D eigenvalue weighted by Gasteiger charge is -2.27. The van der Waals surface area contributed by atoms with E-state index in [2.05, 4.69) is 10.1 Å². The van der Waals surface area contributed by atoms with Gasteiger partial charge in [0.2, 0.25) is 0 Å². The number of H-pyrrole nitrogens is 2. The van der Waals surface area contributed by atoms with E-state index >= 15 is 0 Å². The summed E-state index contributed by atoms with van der Waals surface area (Å²) in [5.74, 6) is -0.659. The second kappa shape index (κ2) is 5.37. The topological polar surface area (TPSA) is 64.8 Å². The number of benzene rings is 1. The third-order valence-corrected chi connectivity index (χ3v) is 4.57. The van der Waals surface area contributed by atoms with Gasteiger partial charge in [0.15, 0.2) is 5.69 Å². The summed E-state index contributed by atoms with van der Waals surface area (Å²) >= 11 is 0. The highest BCUT2D eigenvalue weighted by Gasteiger charge is 2.39. The summed E-state index contributed by atoms with van der Waals surface area (Å²) in [6.07, 6.45) is -3.12. The summed E-state index contributed by atoms with van der Waals surface area (Å²) in [6, 6.07) is 6.00. The highest BCUT2D eigenvalue weighted by Crippen LogP contribution is 2.33. The van der Waals surface area contributed by atoms with Crippen molar-refractivity contribution >= 4 is 16.8 Å². The van der Waals surface area contributed by atoms with Crippen molar-refractivity contribution in [3.05, 3.63) is 52.5 Å². The molecule has 0 fully saturated rings. The molecule has 0 spiro atoms. The van der Waals surface area contributed by atoms with E-state index in [1.165, 1.54) is 4.90 Å². The van der Waals surface area contributed by atoms with Crippen molar-refractivity contribution in [1.29, 1.82) is 0 Å². The number of aryl methyl sites for hydroxylation is 1. The lowest BCUT2D eigenvalue weighted by molar-refractivity contribution is -0.141. The first-order valence-electron chi connectivity index (χ1n) is 7.84. The van der Waals surface area contributed by atoms with Gasteiger partial charge in [-0.15, -0.1) is 0 Å². The van der Waals surface area contributed by atoms with Crippen LogP contribution >= 0.6 is 0 Å². The van der Waals surface area contributed by atoms with E-state index < -0.39 is 23.3 Å². The molecule has 2 N–H and O–H groups in total. The number of alkyl halides is 3. The SMILES string of the molecule is Cc1ccc2[nH]c3c(c2c1)CN(C(=O)c1cn[nH]c1C(F)(F)F)CC3. The molecule has 3 heterocycles. The molecular weight excluding hydrogens is 333 g/mol. The smallest absolute Gasteiger partial charge is 0.358 e. The number of halogens is 3. The van der Waals surface area contributed by atoms with Crippen LogP contribution in [0.4, 0.5) is 13.2 Å². The molecule has 1 aromatic carbocycles. The molecule has 0 radical (unpaired) electrons. The van der Waals surface area contributed by atoms with Gasteiger partial charge in [0.25, 0.3) is 5.91 Å². The second-order valence-corrected chi connectivity index (χ2v) is 6.26. The van der Waals surface area contributed by atoms with E-state index in [1.807, 2.05) is 30.2 Å². The molecular formula is C17H15F3N4O. The molecule has 0 unspecified atom stereocenters. The third kappa shape index (κ3) is 2.57. The molecule has 130 valence electrons. The highest BCUT2D eigenvalue weighted by atomic mass is 19.4. The number of aromatic nitrogens is 3. The molecule has 0 aliphatic carbocycles. The Labute approximate surface area is 140 Å². The van der Waals surface area contributed by atoms with Gasteiger partial charge in [0, 0.05) is 41.7 Å². The molecule has 0 atom stereocenters. The van der Waals surface area contributed by atoms with E-state index in [-0.39, 0.29) is 6.54 Å². The van der Waals surface area contributed by atoms with E-state index in [0.29, 0.717) is 13.0 Å². The lowest BCUT2D eigenvalue weighted by atomic mass is 10.0. The molecule has 25 heavy (non-hydrogen) atoms. The Morgan fingerprint density at radius 1 is 1.32 bits per heavy atom. The molecule has 5 nitrogen and oxygen atoms in total. The number of carbonyl (C=O) groups excluding carboxylic acids is 1. The number of fused-ring (bicyclic) bond motifs is 3. The minimum Gasteiger partial charge on any atom is -0.358 e. The van der Waals surface area contributed by atoms with Gasteiger partial charge in [0.1, 0.15) is 0 Å². The first kappa shape index (κ1) is 15.7. The number of nitrogens with zero attached hydrogens (tertiary/aromatic N) is 2. The van der Waals surface area contributed by atoms with Gasteiger partial charge in [-0.1, -0.05) is 11.6 Å². The van der Waals surface area contributed by atoms with Gasteiger partial charge in [-0.3, -0.25) is 9.89 Å². The fourth-order valence-electron chi connectivity index (χ4n) is 3.34. The minimum absolute atomic E-state index is 0.278. The Bertz CT molecular complexity index is 970. The Morgan fingerprint density at radius 2 is 2.12 bits per heavy atom. The predicted octanol–water partition coefficient (Wildman–Crippen LogP) is 3.42. The number of aromatic amines is 2. The summed E-state index contributed by atoms with van der Waals surface area (Å²) < 4.78 is 39.0. The summed E-state index contributed by atoms with van der Waals surface area (Å²) in [5, 5.41) is 6.30. The standard InChI is InChI=1S/C17H15F3N4O/c1-9-2-3-13-10(6-9)12-8-24(5-4-14(12)22-13)16(25)11-7-21-23-15(11)17(18,19)20/h2-3,6-7,22H,4-5,8H2,1H3,(H,21,23). The van der Waals surface area contributed by atoms with Crippen LogP contribution in [0, 0.1) is 6.92 Å². The fourth-order valence-corrected chi connectivity index (χ4v) is 3.34. The maximum absolute atomic E-state index is 13.0. The molecule has 8 heteroatoms. The summed E-state index contributed by atoms with van der Waals surface area (Å²) in [6.45, 7) is 2.62. The predicted molar refractivity (Wildman–Crippen MR) is 85.1 cm³/mol. The van der Waals surface area contributed by atoms with E-state index in [0.717, 1.165) is 33.9 Å². The van der Waals surface area contributed by atoms with Crippen LogP contribution in [-0.2, 0) is 19.1 Å². The summed E-state index contributed by atoms with van der Waals surface area (Å²) in [7, 11) is 0. The summed E-state index contributed by atoms with van der Waals surface area (Å²) in [5.41, 5.74) is 2.53. The van der Waals surface area contributed by atoms with Crippen LogP contribution in [0.1, 0.15) is 32.9 Å². The number of carbonyl (C=O) groups is 1. The number of amides is 1. The first-order chi connectivity index (χ1) is 11.8. The molecule has 1 amide bonds. The normalized spacial score (nSPS) is 14.8. The lowest BCUT2D eigenvalue weighted by Crippen LogP contribution is -2.36. The van der Waals surface area contributed by atoms with Crippen LogP contribution in [0.5, 0.6) is 0 Å². The Morgan fingerprint density at radius 3 is 2.88 bits per heavy atom. The van der Waals surface area contributed by atoms with E-state index in [1.54, 1.807) is 0 Å². The van der Waals surface area contributed by atoms with Crippen LogP contribution in [0.2, 0.25) is 0 Å². The van der Waals surface area contributed by atoms with Gasteiger partial charge in [-0.25, -0.2) is 0 Å². The van der Waals surface area contributed by atoms with Crippen molar-refractivity contribution < 1.29 is 18.0 Å². The van der Waals surface area contributed by atoms with Gasteiger partial charge < -0.3 is 9.88 Å². The average Bonchev–Trinajstić information content (AvgIpc) is 3.17. The highest BCUT2D eigenvalue weighted by molar-refractivity contribution is 5.96. The Hall–Kier alpha value is -2.77. The minimum atomic E-state index is -4.64. The van der Waals surface area contributed by atoms with Crippen molar-refractivity contribution in [2.75, 3.05) is 6.54 Å². The molecule has 2 aromatic heterocycles. The summed E-state index contributed by atoms with van der Waals surface area (Å²) in [4.78, 5) is 17.4. The zero-order valence-electron chi connectivity index (χ0n) is 13.4. The number of nitrogens with one attached hydrogen (secondary N) is 2. The Kier molecular flexibility index (Phi) is 3.38. The molecule has 0 bridgehead atoms. The number of hydrogen-bond donors (Lipinski definition) is 2. The van der Waals surface area contributed by atoms with E-state index in [9.17, 15) is 18.0 Å². The van der Waals surface area contributed by atoms with Crippen LogP contribution < -0.4 is 0 Å². The number of hydrogen-bond acceptors (Lipinski definition) is 2. The Balaban J connectivity index is 1.69. The third-order valence-electron chi connectivity index (χ3n) is 4.57. The van der Waals surface area contributed by atoms with Crippen LogP contribution in [0.3, 0.4) is 0 Å². The van der Waals surface area contributed by atoms with Crippen molar-refractivity contribution in [2.24, 2.45) is 0 Å². The van der Waals surface area contributed by atoms with Crippen LogP contribution in [0.15, 0.2) is 24.4 Å². The van der Waals surface area contributed by atoms with Crippen molar-refractivity contribution in [2.45, 2.75) is 26.1 Å². The van der Waals surface area contributed by atoms with Crippen molar-refractivity contribution in [3.8, 4) is 0 Å². The molecule has 1 aliphatic heterocycles. The zero-order chi connectivity index (χ0) is 17.8. The maximum atomic E-state index is 13.0. The van der Waals surface area contributed by atoms with Gasteiger partial charge in [-0.2, -0.15) is 18.3 Å². The molecule has 0 saturated carbocycles. The molecule has 1 aliphatic rings. The second-order valence-electron chi connectivity index (χ2n) is 6.26. The average molecular weight is 348 g/mol. The fraction of sp³-hybridized carbons (Fsp3) is 0.294. The maximum Gasteiger partial charge on any atom is 0.433 e. The molecule has 0 saturated heterocycles. The van der Waals surface area contributed by atoms with Crippen LogP contribution in [0.25, 0.3) is 10.9 Å². The van der Waals surface area contributed by atoms with Crippen LogP contribution in [-0.4, -0.2) is 32.5 Å². The van der Waals surface area contributed by atoms with E-state index in [4.69, 9.17) is 0 Å². The van der Waals surface area contributed by atoms with Crippen molar-refractivity contribution in [1.82, 2.24) is 20.1 Å². The van der Waals surface area contributed by atoms with Gasteiger partial charge in [0.05, 0.1) is 11.8 Å². The first-order valence-corrected chi connectivity index (χ1v) is 7.84.